The second-order valence-electron chi connectivity index (χ2n) is 1.67. The Morgan fingerprint density at radius 3 is 2.86 bits per heavy atom. The monoisotopic (exact) mass is 95.0 g/mol. The Kier molecular flexibility index (Phi) is 1.25. The van der Waals surface area contributed by atoms with Crippen molar-refractivity contribution in [2.24, 2.45) is 0 Å². The lowest BCUT2D eigenvalue weighted by molar-refractivity contribution is -0.115. The Morgan fingerprint density at radius 1 is 1.71 bits per heavy atom. The highest BCUT2D eigenvalue weighted by molar-refractivity contribution is 5.89. The van der Waals surface area contributed by atoms with E-state index in [-0.39, 0.29) is 5.78 Å². The van der Waals surface area contributed by atoms with E-state index in [0.717, 1.165) is 19.3 Å². The summed E-state index contributed by atoms with van der Waals surface area (Å²) in [5.41, 5.74) is 0. The number of carbonyl (C=O) groups is 1. The molecule has 1 aliphatic carbocycles. The van der Waals surface area contributed by atoms with Crippen molar-refractivity contribution in [3.05, 3.63) is 12.2 Å². The van der Waals surface area contributed by atoms with Crippen LogP contribution < -0.4 is 0 Å². The van der Waals surface area contributed by atoms with E-state index in [1.807, 2.05) is 0 Å². The highest BCUT2D eigenvalue weighted by atomic mass is 16.1. The molecule has 0 atom stereocenters. The minimum atomic E-state index is 0.228. The molecule has 0 saturated carbocycles. The second kappa shape index (κ2) is 1.92. The van der Waals surface area contributed by atoms with E-state index in [4.69, 9.17) is 0 Å². The first kappa shape index (κ1) is 4.57. The van der Waals surface area contributed by atoms with E-state index in [2.05, 4.69) is 6.08 Å². The summed E-state index contributed by atoms with van der Waals surface area (Å²) in [6.45, 7) is 0. The maximum absolute atomic E-state index is 10.3. The average Bonchev–Trinajstić information content (AvgIpc) is 1.69. The third kappa shape index (κ3) is 1.15. The molecule has 0 unspecified atom stereocenters. The molecule has 1 nitrogen and oxygen atoms in total. The minimum absolute atomic E-state index is 0.228. The summed E-state index contributed by atoms with van der Waals surface area (Å²) in [5.74, 6) is 0.228. The minimum Gasteiger partial charge on any atom is -0.295 e. The van der Waals surface area contributed by atoms with Gasteiger partial charge in [-0.05, 0) is 25.0 Å². The van der Waals surface area contributed by atoms with Crippen LogP contribution in [0.4, 0.5) is 0 Å². The van der Waals surface area contributed by atoms with Crippen LogP contribution in [-0.2, 0) is 4.79 Å². The fourth-order valence-electron chi connectivity index (χ4n) is 0.623. The SMILES string of the molecule is O=C1C=[C]CCC1. The molecule has 1 heteroatoms. The summed E-state index contributed by atoms with van der Waals surface area (Å²) in [6.07, 6.45) is 7.09. The van der Waals surface area contributed by atoms with Crippen LogP contribution in [0, 0.1) is 6.08 Å². The maximum Gasteiger partial charge on any atom is 0.155 e. The lowest BCUT2D eigenvalue weighted by atomic mass is 10.1. The van der Waals surface area contributed by atoms with Gasteiger partial charge in [-0.1, -0.05) is 0 Å². The van der Waals surface area contributed by atoms with E-state index < -0.39 is 0 Å². The predicted octanol–water partition coefficient (Wildman–Crippen LogP) is 1.10. The second-order valence-corrected chi connectivity index (χ2v) is 1.67. The fraction of sp³-hybridized carbons (Fsp3) is 0.500. The number of hydrogen-bond acceptors (Lipinski definition) is 1. The lowest BCUT2D eigenvalue weighted by Crippen LogP contribution is -1.95. The highest BCUT2D eigenvalue weighted by Crippen LogP contribution is 2.03. The van der Waals surface area contributed by atoms with Crippen LogP contribution in [0.15, 0.2) is 6.08 Å². The first-order chi connectivity index (χ1) is 3.39. The van der Waals surface area contributed by atoms with Crippen molar-refractivity contribution in [1.29, 1.82) is 0 Å². The molecular weight excluding hydrogens is 88.1 g/mol. The average molecular weight is 95.1 g/mol. The first-order valence-electron chi connectivity index (χ1n) is 2.49. The molecule has 1 radical (unpaired) electrons. The molecule has 0 heterocycles. The summed E-state index contributed by atoms with van der Waals surface area (Å²) in [6, 6.07) is 0. The molecule has 7 heavy (non-hydrogen) atoms. The first-order valence-corrected chi connectivity index (χ1v) is 2.49. The van der Waals surface area contributed by atoms with E-state index in [1.165, 1.54) is 0 Å². The summed E-state index contributed by atoms with van der Waals surface area (Å²) >= 11 is 0. The van der Waals surface area contributed by atoms with Crippen molar-refractivity contribution in [1.82, 2.24) is 0 Å². The molecule has 0 aromatic carbocycles. The molecule has 1 aliphatic rings. The van der Waals surface area contributed by atoms with Crippen molar-refractivity contribution in [3.63, 3.8) is 0 Å². The maximum atomic E-state index is 10.3. The van der Waals surface area contributed by atoms with Gasteiger partial charge in [-0.15, -0.1) is 0 Å². The largest absolute Gasteiger partial charge is 0.295 e. The van der Waals surface area contributed by atoms with Gasteiger partial charge in [-0.2, -0.15) is 0 Å². The Morgan fingerprint density at radius 2 is 2.57 bits per heavy atom. The zero-order valence-electron chi connectivity index (χ0n) is 4.11. The molecule has 0 bridgehead atoms. The highest BCUT2D eigenvalue weighted by Gasteiger charge is 1.99. The molecule has 0 N–H and O–H groups in total. The summed E-state index contributed by atoms with van der Waals surface area (Å²) in [5, 5.41) is 0. The van der Waals surface area contributed by atoms with Gasteiger partial charge in [0.05, 0.1) is 0 Å². The van der Waals surface area contributed by atoms with Crippen LogP contribution in [0.3, 0.4) is 0 Å². The van der Waals surface area contributed by atoms with E-state index in [0.29, 0.717) is 0 Å². The lowest BCUT2D eigenvalue weighted by Gasteiger charge is -1.96. The number of ketones is 1. The normalized spacial score (nSPS) is 20.3. The van der Waals surface area contributed by atoms with Gasteiger partial charge in [0.2, 0.25) is 0 Å². The number of rotatable bonds is 0. The molecular formula is C6H7O. The van der Waals surface area contributed by atoms with Crippen molar-refractivity contribution in [2.45, 2.75) is 19.3 Å². The molecule has 0 aliphatic heterocycles. The Labute approximate surface area is 43.0 Å². The molecule has 0 spiro atoms. The number of hydrogen-bond donors (Lipinski definition) is 0. The predicted molar refractivity (Wildman–Crippen MR) is 26.7 cm³/mol. The van der Waals surface area contributed by atoms with Crippen molar-refractivity contribution in [3.8, 4) is 0 Å². The van der Waals surface area contributed by atoms with E-state index in [1.54, 1.807) is 6.08 Å². The Balaban J connectivity index is 2.51. The quantitative estimate of drug-likeness (QED) is 0.440. The van der Waals surface area contributed by atoms with Crippen LogP contribution in [-0.4, -0.2) is 5.78 Å². The molecule has 0 saturated heterocycles. The zero-order valence-corrected chi connectivity index (χ0v) is 4.11. The zero-order chi connectivity index (χ0) is 5.11. The number of carbonyl (C=O) groups excluding carboxylic acids is 1. The topological polar surface area (TPSA) is 17.1 Å². The molecule has 0 fully saturated rings. The summed E-state index contributed by atoms with van der Waals surface area (Å²) in [7, 11) is 0. The third-order valence-electron chi connectivity index (χ3n) is 1.01. The van der Waals surface area contributed by atoms with Gasteiger partial charge in [0.25, 0.3) is 0 Å². The van der Waals surface area contributed by atoms with Gasteiger partial charge in [0.15, 0.2) is 5.78 Å². The van der Waals surface area contributed by atoms with Gasteiger partial charge in [0, 0.05) is 6.42 Å². The van der Waals surface area contributed by atoms with Crippen molar-refractivity contribution >= 4 is 5.78 Å². The molecule has 37 valence electrons. The fourth-order valence-corrected chi connectivity index (χ4v) is 0.623. The van der Waals surface area contributed by atoms with Crippen LogP contribution >= 0.6 is 0 Å². The van der Waals surface area contributed by atoms with Gasteiger partial charge < -0.3 is 0 Å². The van der Waals surface area contributed by atoms with Crippen molar-refractivity contribution in [2.75, 3.05) is 0 Å². The van der Waals surface area contributed by atoms with Gasteiger partial charge in [-0.25, -0.2) is 0 Å². The van der Waals surface area contributed by atoms with Crippen LogP contribution in [0.25, 0.3) is 0 Å². The van der Waals surface area contributed by atoms with Crippen LogP contribution in [0.5, 0.6) is 0 Å². The standard InChI is InChI=1S/C6H7O/c7-6-4-2-1-3-5-6/h5H,1-2,4H2. The van der Waals surface area contributed by atoms with Gasteiger partial charge in [0.1, 0.15) is 0 Å². The van der Waals surface area contributed by atoms with E-state index >= 15 is 0 Å². The van der Waals surface area contributed by atoms with Crippen LogP contribution in [0.1, 0.15) is 19.3 Å². The molecule has 0 aromatic heterocycles. The molecule has 0 amide bonds. The molecule has 1 rings (SSSR count). The molecule has 0 aromatic rings. The Hall–Kier alpha value is -0.590. The van der Waals surface area contributed by atoms with Gasteiger partial charge in [-0.3, -0.25) is 4.79 Å². The summed E-state index contributed by atoms with van der Waals surface area (Å²) < 4.78 is 0. The number of allylic oxidation sites excluding steroid dienone is 2. The van der Waals surface area contributed by atoms with Crippen LogP contribution in [0.2, 0.25) is 0 Å². The van der Waals surface area contributed by atoms with Crippen molar-refractivity contribution < 1.29 is 4.79 Å². The van der Waals surface area contributed by atoms with E-state index in [9.17, 15) is 4.79 Å². The smallest absolute Gasteiger partial charge is 0.155 e. The summed E-state index contributed by atoms with van der Waals surface area (Å²) in [4.78, 5) is 10.3. The third-order valence-corrected chi connectivity index (χ3v) is 1.01. The Bertz CT molecular complexity index is 103. The van der Waals surface area contributed by atoms with Gasteiger partial charge >= 0.3 is 0 Å².